The van der Waals surface area contributed by atoms with Crippen LogP contribution >= 0.6 is 28.3 Å². The normalized spacial score (nSPS) is 18.2. The van der Waals surface area contributed by atoms with Gasteiger partial charge in [-0.15, -0.1) is 27.2 Å². The Morgan fingerprint density at radius 3 is 2.73 bits per heavy atom. The lowest BCUT2D eigenvalue weighted by molar-refractivity contribution is -0.121. The minimum Gasteiger partial charge on any atom is -0.317 e. The summed E-state index contributed by atoms with van der Waals surface area (Å²) in [6, 6.07) is 0. The van der Waals surface area contributed by atoms with E-state index in [0.717, 1.165) is 25.7 Å². The van der Waals surface area contributed by atoms with Gasteiger partial charge in [0.15, 0.2) is 0 Å². The number of halogens is 1. The highest BCUT2D eigenvalue weighted by atomic mass is 79.9. The van der Waals surface area contributed by atoms with Crippen LogP contribution in [-0.2, 0) is 4.79 Å². The zero-order valence-corrected chi connectivity index (χ0v) is 10.6. The third-order valence-corrected chi connectivity index (χ3v) is 3.14. The molecule has 0 aliphatic heterocycles. The van der Waals surface area contributed by atoms with Crippen LogP contribution in [0.3, 0.4) is 0 Å². The summed E-state index contributed by atoms with van der Waals surface area (Å²) in [4.78, 5) is 11.7. The van der Waals surface area contributed by atoms with Crippen molar-refractivity contribution in [1.29, 1.82) is 0 Å². The molecule has 1 amide bonds. The van der Waals surface area contributed by atoms with Gasteiger partial charge in [-0.25, -0.2) is 0 Å². The van der Waals surface area contributed by atoms with E-state index in [0.29, 0.717) is 5.13 Å². The molecule has 5 nitrogen and oxygen atoms in total. The van der Waals surface area contributed by atoms with Crippen molar-refractivity contribution in [3.05, 3.63) is 5.51 Å². The average Bonchev–Trinajstić information content (AvgIpc) is 2.76. The van der Waals surface area contributed by atoms with Crippen molar-refractivity contribution in [2.45, 2.75) is 31.2 Å². The van der Waals surface area contributed by atoms with Crippen molar-refractivity contribution in [3.63, 3.8) is 0 Å². The molecular weight excluding hydrogens is 280 g/mol. The molecule has 0 aromatic carbocycles. The van der Waals surface area contributed by atoms with E-state index in [9.17, 15) is 4.79 Å². The van der Waals surface area contributed by atoms with Crippen LogP contribution in [0.1, 0.15) is 25.7 Å². The Morgan fingerprint density at radius 2 is 2.20 bits per heavy atom. The fourth-order valence-electron chi connectivity index (χ4n) is 1.68. The van der Waals surface area contributed by atoms with E-state index in [1.807, 2.05) is 0 Å². The van der Waals surface area contributed by atoms with E-state index in [1.165, 1.54) is 11.3 Å². The Hall–Kier alpha value is -0.530. The lowest BCUT2D eigenvalue weighted by atomic mass is 9.98. The van der Waals surface area contributed by atoms with Crippen LogP contribution in [0, 0.1) is 0 Å². The second-order valence-electron chi connectivity index (χ2n) is 3.56. The standard InChI is InChI=1S/C8H12N4OS.BrH/c9-8(3-1-2-4-8)6(13)11-7-12-10-5-14-7;/h5H,1-4,9H2,(H,11,12,13);1H. The first-order valence-electron chi connectivity index (χ1n) is 4.57. The lowest BCUT2D eigenvalue weighted by Crippen LogP contribution is -2.48. The van der Waals surface area contributed by atoms with Gasteiger partial charge in [0.05, 0.1) is 5.54 Å². The molecule has 1 aromatic rings. The molecule has 0 radical (unpaired) electrons. The number of anilines is 1. The first kappa shape index (κ1) is 12.5. The number of carbonyl (C=O) groups excluding carboxylic acids is 1. The van der Waals surface area contributed by atoms with Gasteiger partial charge in [-0.3, -0.25) is 10.1 Å². The van der Waals surface area contributed by atoms with Crippen LogP contribution in [0.5, 0.6) is 0 Å². The fourth-order valence-corrected chi connectivity index (χ4v) is 2.12. The summed E-state index contributed by atoms with van der Waals surface area (Å²) in [7, 11) is 0. The first-order chi connectivity index (χ1) is 6.71. The maximum Gasteiger partial charge on any atom is 0.246 e. The predicted octanol–water partition coefficient (Wildman–Crippen LogP) is 1.33. The molecule has 1 heterocycles. The van der Waals surface area contributed by atoms with Gasteiger partial charge in [0, 0.05) is 0 Å². The van der Waals surface area contributed by atoms with Crippen LogP contribution in [0.4, 0.5) is 5.13 Å². The Labute approximate surface area is 102 Å². The third-order valence-electron chi connectivity index (χ3n) is 2.53. The van der Waals surface area contributed by atoms with Crippen molar-refractivity contribution in [3.8, 4) is 0 Å². The molecule has 1 fully saturated rings. The molecule has 1 saturated carbocycles. The van der Waals surface area contributed by atoms with Gasteiger partial charge in [0.25, 0.3) is 0 Å². The van der Waals surface area contributed by atoms with Crippen LogP contribution in [-0.4, -0.2) is 21.6 Å². The molecule has 1 aliphatic rings. The van der Waals surface area contributed by atoms with Crippen molar-refractivity contribution < 1.29 is 4.79 Å². The van der Waals surface area contributed by atoms with Crippen molar-refractivity contribution >= 4 is 39.4 Å². The SMILES string of the molecule is Br.NC1(C(=O)Nc2nncs2)CCCC1. The van der Waals surface area contributed by atoms with E-state index in [1.54, 1.807) is 5.51 Å². The van der Waals surface area contributed by atoms with E-state index >= 15 is 0 Å². The largest absolute Gasteiger partial charge is 0.317 e. The van der Waals surface area contributed by atoms with Crippen LogP contribution < -0.4 is 11.1 Å². The number of nitrogens with two attached hydrogens (primary N) is 1. The van der Waals surface area contributed by atoms with Crippen molar-refractivity contribution in [2.75, 3.05) is 5.32 Å². The van der Waals surface area contributed by atoms with Gasteiger partial charge in [-0.2, -0.15) is 0 Å². The molecule has 15 heavy (non-hydrogen) atoms. The second kappa shape index (κ2) is 5.00. The Morgan fingerprint density at radius 1 is 1.53 bits per heavy atom. The number of aromatic nitrogens is 2. The maximum absolute atomic E-state index is 11.7. The number of carbonyl (C=O) groups is 1. The van der Waals surface area contributed by atoms with Gasteiger partial charge in [-0.05, 0) is 12.8 Å². The van der Waals surface area contributed by atoms with Crippen LogP contribution in [0.25, 0.3) is 0 Å². The number of amides is 1. The first-order valence-corrected chi connectivity index (χ1v) is 5.45. The van der Waals surface area contributed by atoms with Gasteiger partial charge in [0.2, 0.25) is 11.0 Å². The summed E-state index contributed by atoms with van der Waals surface area (Å²) in [5.74, 6) is -0.133. The number of nitrogens with one attached hydrogen (secondary N) is 1. The molecule has 2 rings (SSSR count). The summed E-state index contributed by atoms with van der Waals surface area (Å²) in [5.41, 5.74) is 6.85. The molecule has 0 unspecified atom stereocenters. The minimum atomic E-state index is -0.689. The molecule has 0 saturated heterocycles. The topological polar surface area (TPSA) is 80.9 Å². The highest BCUT2D eigenvalue weighted by Gasteiger charge is 2.37. The van der Waals surface area contributed by atoms with Crippen LogP contribution in [0.2, 0.25) is 0 Å². The average molecular weight is 293 g/mol. The fraction of sp³-hybridized carbons (Fsp3) is 0.625. The van der Waals surface area contributed by atoms with E-state index in [-0.39, 0.29) is 22.9 Å². The third kappa shape index (κ3) is 2.73. The highest BCUT2D eigenvalue weighted by molar-refractivity contribution is 8.93. The molecule has 1 aromatic heterocycles. The molecular formula is C8H13BrN4OS. The monoisotopic (exact) mass is 292 g/mol. The molecule has 3 N–H and O–H groups in total. The summed E-state index contributed by atoms with van der Waals surface area (Å²) < 4.78 is 0. The molecule has 0 bridgehead atoms. The molecule has 0 atom stereocenters. The quantitative estimate of drug-likeness (QED) is 0.862. The highest BCUT2D eigenvalue weighted by Crippen LogP contribution is 2.28. The zero-order chi connectivity index (χ0) is 10.0. The summed E-state index contributed by atoms with van der Waals surface area (Å²) in [6.45, 7) is 0. The molecule has 7 heteroatoms. The number of rotatable bonds is 2. The van der Waals surface area contributed by atoms with E-state index in [2.05, 4.69) is 15.5 Å². The van der Waals surface area contributed by atoms with Gasteiger partial charge < -0.3 is 5.73 Å². The number of hydrogen-bond acceptors (Lipinski definition) is 5. The van der Waals surface area contributed by atoms with E-state index < -0.39 is 5.54 Å². The zero-order valence-electron chi connectivity index (χ0n) is 8.10. The smallest absolute Gasteiger partial charge is 0.246 e. The van der Waals surface area contributed by atoms with Gasteiger partial charge in [-0.1, -0.05) is 24.2 Å². The van der Waals surface area contributed by atoms with Gasteiger partial charge in [0.1, 0.15) is 5.51 Å². The Bertz CT molecular complexity index is 323. The maximum atomic E-state index is 11.7. The summed E-state index contributed by atoms with van der Waals surface area (Å²) in [6.07, 6.45) is 3.58. The van der Waals surface area contributed by atoms with Crippen molar-refractivity contribution in [2.24, 2.45) is 5.73 Å². The molecule has 0 spiro atoms. The molecule has 84 valence electrons. The predicted molar refractivity (Wildman–Crippen MR) is 64.2 cm³/mol. The van der Waals surface area contributed by atoms with Crippen molar-refractivity contribution in [1.82, 2.24) is 10.2 Å². The van der Waals surface area contributed by atoms with Gasteiger partial charge >= 0.3 is 0 Å². The Kier molecular flexibility index (Phi) is 4.18. The minimum absolute atomic E-state index is 0. The summed E-state index contributed by atoms with van der Waals surface area (Å²) >= 11 is 1.30. The second-order valence-corrected chi connectivity index (χ2v) is 4.39. The Balaban J connectivity index is 0.00000112. The molecule has 1 aliphatic carbocycles. The lowest BCUT2D eigenvalue weighted by Gasteiger charge is -2.20. The van der Waals surface area contributed by atoms with E-state index in [4.69, 9.17) is 5.73 Å². The number of hydrogen-bond donors (Lipinski definition) is 2. The van der Waals surface area contributed by atoms with Crippen LogP contribution in [0.15, 0.2) is 5.51 Å². The summed E-state index contributed by atoms with van der Waals surface area (Å²) in [5, 5.41) is 10.6. The number of nitrogens with zero attached hydrogens (tertiary/aromatic N) is 2.